The fourth-order valence-electron chi connectivity index (χ4n) is 1.51. The van der Waals surface area contributed by atoms with Crippen LogP contribution in [0.5, 0.6) is 0 Å². The third-order valence-corrected chi connectivity index (χ3v) is 2.67. The van der Waals surface area contributed by atoms with E-state index in [2.05, 4.69) is 45.4 Å². The smallest absolute Gasteiger partial charge is 0.131 e. The van der Waals surface area contributed by atoms with E-state index in [9.17, 15) is 0 Å². The summed E-state index contributed by atoms with van der Waals surface area (Å²) in [5, 5.41) is 0. The van der Waals surface area contributed by atoms with Crippen molar-refractivity contribution in [2.24, 2.45) is 0 Å². The summed E-state index contributed by atoms with van der Waals surface area (Å²) in [6, 6.07) is 2.06. The maximum Gasteiger partial charge on any atom is 0.131 e. The molecule has 16 heavy (non-hydrogen) atoms. The number of aromatic nitrogens is 1. The van der Waals surface area contributed by atoms with Crippen molar-refractivity contribution >= 4 is 21.7 Å². The molecule has 0 unspecified atom stereocenters. The van der Waals surface area contributed by atoms with Gasteiger partial charge in [-0.25, -0.2) is 4.98 Å². The van der Waals surface area contributed by atoms with E-state index in [1.54, 1.807) is 7.11 Å². The van der Waals surface area contributed by atoms with Crippen molar-refractivity contribution in [3.05, 3.63) is 35.0 Å². The number of rotatable bonds is 6. The Morgan fingerprint density at radius 1 is 1.62 bits per heavy atom. The molecule has 0 atom stereocenters. The minimum Gasteiger partial charge on any atom is -0.383 e. The molecule has 1 rings (SSSR count). The number of aryl methyl sites for hydroxylation is 1. The lowest BCUT2D eigenvalue weighted by Crippen LogP contribution is -2.28. The molecule has 0 saturated carbocycles. The molecule has 1 aromatic heterocycles. The molecule has 0 spiro atoms. The highest BCUT2D eigenvalue weighted by atomic mass is 79.9. The quantitative estimate of drug-likeness (QED) is 0.751. The highest BCUT2D eigenvalue weighted by molar-refractivity contribution is 9.10. The van der Waals surface area contributed by atoms with Gasteiger partial charge >= 0.3 is 0 Å². The molecule has 0 N–H and O–H groups in total. The van der Waals surface area contributed by atoms with Gasteiger partial charge in [-0.2, -0.15) is 0 Å². The lowest BCUT2D eigenvalue weighted by atomic mass is 10.2. The van der Waals surface area contributed by atoms with Crippen LogP contribution in [0.15, 0.2) is 29.4 Å². The van der Waals surface area contributed by atoms with Gasteiger partial charge in [0.2, 0.25) is 0 Å². The van der Waals surface area contributed by atoms with Gasteiger partial charge < -0.3 is 9.64 Å². The molecule has 1 aromatic rings. The summed E-state index contributed by atoms with van der Waals surface area (Å²) in [5.41, 5.74) is 1.15. The largest absolute Gasteiger partial charge is 0.383 e. The van der Waals surface area contributed by atoms with E-state index in [1.165, 1.54) is 0 Å². The second-order valence-electron chi connectivity index (χ2n) is 3.52. The molecule has 0 aromatic carbocycles. The van der Waals surface area contributed by atoms with Gasteiger partial charge in [-0.05, 0) is 34.5 Å². The van der Waals surface area contributed by atoms with Gasteiger partial charge in [0.25, 0.3) is 0 Å². The van der Waals surface area contributed by atoms with Crippen LogP contribution >= 0.6 is 15.9 Å². The van der Waals surface area contributed by atoms with Gasteiger partial charge in [-0.15, -0.1) is 6.58 Å². The third-order valence-electron chi connectivity index (χ3n) is 2.23. The highest BCUT2D eigenvalue weighted by Crippen LogP contribution is 2.20. The average molecular weight is 285 g/mol. The van der Waals surface area contributed by atoms with Crippen LogP contribution in [0.4, 0.5) is 5.82 Å². The van der Waals surface area contributed by atoms with Crippen molar-refractivity contribution in [3.63, 3.8) is 0 Å². The number of ether oxygens (including phenoxy) is 1. The number of anilines is 1. The van der Waals surface area contributed by atoms with E-state index >= 15 is 0 Å². The summed E-state index contributed by atoms with van der Waals surface area (Å²) >= 11 is 3.41. The van der Waals surface area contributed by atoms with Gasteiger partial charge in [0, 0.05) is 30.9 Å². The molecule has 88 valence electrons. The molecular formula is C12H17BrN2O. The van der Waals surface area contributed by atoms with Crippen LogP contribution in [0, 0.1) is 6.92 Å². The Balaban J connectivity index is 2.86. The number of methoxy groups -OCH3 is 1. The van der Waals surface area contributed by atoms with Crippen molar-refractivity contribution in [3.8, 4) is 0 Å². The first-order valence-corrected chi connectivity index (χ1v) is 5.95. The first kappa shape index (κ1) is 13.2. The Hall–Kier alpha value is -0.870. The van der Waals surface area contributed by atoms with Crippen molar-refractivity contribution in [2.45, 2.75) is 6.92 Å². The van der Waals surface area contributed by atoms with Crippen molar-refractivity contribution in [2.75, 3.05) is 31.7 Å². The minimum atomic E-state index is 0.686. The predicted octanol–water partition coefficient (Wildman–Crippen LogP) is 2.79. The summed E-state index contributed by atoms with van der Waals surface area (Å²) in [7, 11) is 1.70. The molecule has 0 radical (unpaired) electrons. The maximum absolute atomic E-state index is 5.09. The fraction of sp³-hybridized carbons (Fsp3) is 0.417. The molecule has 4 heteroatoms. The van der Waals surface area contributed by atoms with Crippen LogP contribution in [0.1, 0.15) is 5.56 Å². The van der Waals surface area contributed by atoms with Crippen LogP contribution in [0.25, 0.3) is 0 Å². The van der Waals surface area contributed by atoms with E-state index in [-0.39, 0.29) is 0 Å². The van der Waals surface area contributed by atoms with E-state index in [4.69, 9.17) is 4.74 Å². The average Bonchev–Trinajstić information content (AvgIpc) is 2.25. The summed E-state index contributed by atoms with van der Waals surface area (Å²) in [6.45, 7) is 8.09. The van der Waals surface area contributed by atoms with E-state index in [1.807, 2.05) is 12.3 Å². The van der Waals surface area contributed by atoms with E-state index in [0.29, 0.717) is 6.61 Å². The monoisotopic (exact) mass is 284 g/mol. The standard InChI is InChI=1S/C12H17BrN2O/c1-4-5-15(6-7-16-3)12-10(2)8-11(13)9-14-12/h4,8-9H,1,5-7H2,2-3H3. The Bertz CT molecular complexity index is 355. The normalized spacial score (nSPS) is 10.2. The second-order valence-corrected chi connectivity index (χ2v) is 4.44. The number of hydrogen-bond donors (Lipinski definition) is 0. The fourth-order valence-corrected chi connectivity index (χ4v) is 1.95. The molecule has 0 bridgehead atoms. The molecule has 0 aliphatic carbocycles. The molecular weight excluding hydrogens is 268 g/mol. The van der Waals surface area contributed by atoms with Crippen LogP contribution in [0.2, 0.25) is 0 Å². The number of hydrogen-bond acceptors (Lipinski definition) is 3. The SMILES string of the molecule is C=CCN(CCOC)c1ncc(Br)cc1C. The maximum atomic E-state index is 5.09. The molecule has 0 amide bonds. The van der Waals surface area contributed by atoms with Gasteiger partial charge in [0.15, 0.2) is 0 Å². The number of nitrogens with zero attached hydrogens (tertiary/aromatic N) is 2. The molecule has 3 nitrogen and oxygen atoms in total. The highest BCUT2D eigenvalue weighted by Gasteiger charge is 2.09. The molecule has 0 fully saturated rings. The zero-order valence-corrected chi connectivity index (χ0v) is 11.3. The molecule has 0 saturated heterocycles. The zero-order valence-electron chi connectivity index (χ0n) is 9.74. The minimum absolute atomic E-state index is 0.686. The molecule has 0 aliphatic rings. The third kappa shape index (κ3) is 3.61. The van der Waals surface area contributed by atoms with Gasteiger partial charge in [0.05, 0.1) is 6.61 Å². The van der Waals surface area contributed by atoms with Crippen LogP contribution in [-0.4, -0.2) is 31.8 Å². The van der Waals surface area contributed by atoms with Crippen molar-refractivity contribution in [1.29, 1.82) is 0 Å². The van der Waals surface area contributed by atoms with Crippen molar-refractivity contribution in [1.82, 2.24) is 4.98 Å². The summed E-state index contributed by atoms with van der Waals surface area (Å²) in [4.78, 5) is 6.58. The molecule has 1 heterocycles. The Morgan fingerprint density at radius 3 is 2.94 bits per heavy atom. The number of halogens is 1. The summed E-state index contributed by atoms with van der Waals surface area (Å²) < 4.78 is 6.09. The van der Waals surface area contributed by atoms with Crippen molar-refractivity contribution < 1.29 is 4.74 Å². The topological polar surface area (TPSA) is 25.4 Å². The van der Waals surface area contributed by atoms with E-state index < -0.39 is 0 Å². The summed E-state index contributed by atoms with van der Waals surface area (Å²) in [5.74, 6) is 0.986. The first-order valence-electron chi connectivity index (χ1n) is 5.16. The van der Waals surface area contributed by atoms with Crippen LogP contribution in [-0.2, 0) is 4.74 Å². The predicted molar refractivity (Wildman–Crippen MR) is 71.0 cm³/mol. The van der Waals surface area contributed by atoms with Gasteiger partial charge in [0.1, 0.15) is 5.82 Å². The zero-order chi connectivity index (χ0) is 12.0. The second kappa shape index (κ2) is 6.66. The van der Waals surface area contributed by atoms with Crippen LogP contribution in [0.3, 0.4) is 0 Å². The molecule has 0 aliphatic heterocycles. The Kier molecular flexibility index (Phi) is 5.49. The van der Waals surface area contributed by atoms with Gasteiger partial charge in [-0.3, -0.25) is 0 Å². The first-order chi connectivity index (χ1) is 7.69. The Morgan fingerprint density at radius 2 is 2.38 bits per heavy atom. The summed E-state index contributed by atoms with van der Waals surface area (Å²) in [6.07, 6.45) is 3.68. The number of pyridine rings is 1. The van der Waals surface area contributed by atoms with Crippen LogP contribution < -0.4 is 4.90 Å². The Labute approximate surface area is 105 Å². The van der Waals surface area contributed by atoms with Gasteiger partial charge in [-0.1, -0.05) is 6.08 Å². The lowest BCUT2D eigenvalue weighted by Gasteiger charge is -2.23. The van der Waals surface area contributed by atoms with E-state index in [0.717, 1.165) is 28.9 Å². The lowest BCUT2D eigenvalue weighted by molar-refractivity contribution is 0.205.